The molecule has 1 amide bonds. The first-order valence-corrected chi connectivity index (χ1v) is 6.69. The zero-order valence-electron chi connectivity index (χ0n) is 10.5. The molecule has 0 atom stereocenters. The minimum absolute atomic E-state index is 0.216. The van der Waals surface area contributed by atoms with Crippen LogP contribution in [0.2, 0.25) is 0 Å². The van der Waals surface area contributed by atoms with Gasteiger partial charge in [0.1, 0.15) is 11.2 Å². The number of anilines is 1. The van der Waals surface area contributed by atoms with Crippen molar-refractivity contribution in [3.63, 3.8) is 0 Å². The van der Waals surface area contributed by atoms with E-state index in [9.17, 15) is 4.79 Å². The fourth-order valence-corrected chi connectivity index (χ4v) is 2.42. The van der Waals surface area contributed by atoms with Crippen LogP contribution in [0.5, 0.6) is 0 Å². The molecule has 0 spiro atoms. The molecule has 0 fully saturated rings. The van der Waals surface area contributed by atoms with Crippen molar-refractivity contribution in [1.82, 2.24) is 14.6 Å². The molecule has 2 aromatic heterocycles. The Labute approximate surface area is 113 Å². The van der Waals surface area contributed by atoms with Crippen LogP contribution in [0.15, 0.2) is 29.9 Å². The number of benzene rings is 1. The van der Waals surface area contributed by atoms with Gasteiger partial charge in [-0.25, -0.2) is 9.50 Å². The summed E-state index contributed by atoms with van der Waals surface area (Å²) in [6, 6.07) is 5.82. The number of hydrogen-bond donors (Lipinski definition) is 1. The van der Waals surface area contributed by atoms with Gasteiger partial charge in [-0.3, -0.25) is 4.79 Å². The highest BCUT2D eigenvalue weighted by molar-refractivity contribution is 7.14. The van der Waals surface area contributed by atoms with Gasteiger partial charge in [0.2, 0.25) is 4.96 Å². The first-order chi connectivity index (χ1) is 9.15. The summed E-state index contributed by atoms with van der Waals surface area (Å²) < 4.78 is 1.60. The second-order valence-electron chi connectivity index (χ2n) is 4.29. The number of carbonyl (C=O) groups excluding carboxylic acids is 1. The molecule has 2 heterocycles. The topological polar surface area (TPSA) is 59.3 Å². The average molecular weight is 272 g/mol. The van der Waals surface area contributed by atoms with Gasteiger partial charge in [0.25, 0.3) is 5.91 Å². The van der Waals surface area contributed by atoms with E-state index in [1.54, 1.807) is 16.2 Å². The van der Waals surface area contributed by atoms with E-state index in [1.807, 2.05) is 32.0 Å². The Morgan fingerprint density at radius 1 is 1.37 bits per heavy atom. The number of fused-ring (bicyclic) bond motifs is 1. The third-order valence-electron chi connectivity index (χ3n) is 3.07. The van der Waals surface area contributed by atoms with Crippen molar-refractivity contribution in [2.75, 3.05) is 5.32 Å². The molecule has 6 heteroatoms. The van der Waals surface area contributed by atoms with Crippen molar-refractivity contribution >= 4 is 27.9 Å². The molecule has 1 aromatic carbocycles. The van der Waals surface area contributed by atoms with Crippen LogP contribution in [-0.4, -0.2) is 20.5 Å². The van der Waals surface area contributed by atoms with Crippen molar-refractivity contribution in [3.8, 4) is 0 Å². The number of aryl methyl sites for hydroxylation is 1. The van der Waals surface area contributed by atoms with E-state index in [1.165, 1.54) is 11.3 Å². The van der Waals surface area contributed by atoms with Crippen LogP contribution >= 0.6 is 11.3 Å². The van der Waals surface area contributed by atoms with Crippen molar-refractivity contribution in [1.29, 1.82) is 0 Å². The predicted molar refractivity (Wildman–Crippen MR) is 74.7 cm³/mol. The highest BCUT2D eigenvalue weighted by atomic mass is 32.1. The summed E-state index contributed by atoms with van der Waals surface area (Å²) in [6.45, 7) is 4.00. The van der Waals surface area contributed by atoms with E-state index in [0.29, 0.717) is 10.7 Å². The molecular weight excluding hydrogens is 260 g/mol. The van der Waals surface area contributed by atoms with Crippen LogP contribution in [0, 0.1) is 13.8 Å². The van der Waals surface area contributed by atoms with Crippen LogP contribution in [0.1, 0.15) is 21.6 Å². The molecule has 0 aliphatic rings. The quantitative estimate of drug-likeness (QED) is 0.780. The summed E-state index contributed by atoms with van der Waals surface area (Å²) in [5.74, 6) is -0.216. The molecule has 0 saturated heterocycles. The van der Waals surface area contributed by atoms with Crippen LogP contribution in [0.25, 0.3) is 4.96 Å². The predicted octanol–water partition coefficient (Wildman–Crippen LogP) is 2.66. The van der Waals surface area contributed by atoms with E-state index < -0.39 is 0 Å². The maximum absolute atomic E-state index is 12.1. The molecule has 0 radical (unpaired) electrons. The lowest BCUT2D eigenvalue weighted by molar-refractivity contribution is 0.102. The van der Waals surface area contributed by atoms with Gasteiger partial charge < -0.3 is 5.32 Å². The Morgan fingerprint density at radius 2 is 2.21 bits per heavy atom. The van der Waals surface area contributed by atoms with Gasteiger partial charge in [-0.1, -0.05) is 23.5 Å². The minimum atomic E-state index is -0.216. The molecule has 96 valence electrons. The third kappa shape index (κ3) is 2.10. The molecule has 1 N–H and O–H groups in total. The highest BCUT2D eigenvalue weighted by Gasteiger charge is 2.13. The molecule has 3 rings (SSSR count). The Hall–Kier alpha value is -2.21. The Morgan fingerprint density at radius 3 is 3.00 bits per heavy atom. The van der Waals surface area contributed by atoms with E-state index in [-0.39, 0.29) is 5.91 Å². The third-order valence-corrected chi connectivity index (χ3v) is 3.76. The van der Waals surface area contributed by atoms with Gasteiger partial charge in [0.15, 0.2) is 0 Å². The summed E-state index contributed by atoms with van der Waals surface area (Å²) in [6.07, 6.45) is 1.63. The number of aromatic nitrogens is 3. The number of hydrogen-bond acceptors (Lipinski definition) is 4. The van der Waals surface area contributed by atoms with Gasteiger partial charge in [0.05, 0.1) is 6.20 Å². The van der Waals surface area contributed by atoms with E-state index >= 15 is 0 Å². The first-order valence-electron chi connectivity index (χ1n) is 5.81. The molecule has 0 unspecified atom stereocenters. The lowest BCUT2D eigenvalue weighted by atomic mass is 10.1. The standard InChI is InChI=1S/C13H12N4OS/c1-8-4-3-5-10(9(8)2)15-12(18)11-6-17-13(16-11)19-7-14-17/h3-7H,1-2H3,(H,15,18). The number of imidazole rings is 1. The van der Waals surface area contributed by atoms with Gasteiger partial charge >= 0.3 is 0 Å². The SMILES string of the molecule is Cc1cccc(NC(=O)c2cn3ncsc3n2)c1C. The Bertz CT molecular complexity index is 730. The maximum Gasteiger partial charge on any atom is 0.275 e. The van der Waals surface area contributed by atoms with Crippen LogP contribution in [0.3, 0.4) is 0 Å². The smallest absolute Gasteiger partial charge is 0.275 e. The zero-order chi connectivity index (χ0) is 13.4. The largest absolute Gasteiger partial charge is 0.320 e. The monoisotopic (exact) mass is 272 g/mol. The summed E-state index contributed by atoms with van der Waals surface area (Å²) in [5.41, 5.74) is 5.09. The van der Waals surface area contributed by atoms with Crippen LogP contribution in [-0.2, 0) is 0 Å². The molecule has 19 heavy (non-hydrogen) atoms. The number of amides is 1. The molecule has 5 nitrogen and oxygen atoms in total. The molecule has 3 aromatic rings. The van der Waals surface area contributed by atoms with E-state index in [4.69, 9.17) is 0 Å². The number of carbonyl (C=O) groups is 1. The second-order valence-corrected chi connectivity index (χ2v) is 5.11. The van der Waals surface area contributed by atoms with Crippen molar-refractivity contribution < 1.29 is 4.79 Å². The number of nitrogens with zero attached hydrogens (tertiary/aromatic N) is 3. The fraction of sp³-hybridized carbons (Fsp3) is 0.154. The molecule has 0 aliphatic heterocycles. The maximum atomic E-state index is 12.1. The van der Waals surface area contributed by atoms with Crippen LogP contribution < -0.4 is 5.32 Å². The van der Waals surface area contributed by atoms with Crippen molar-refractivity contribution in [2.24, 2.45) is 0 Å². The first kappa shape index (κ1) is 11.9. The number of nitrogens with one attached hydrogen (secondary N) is 1. The highest BCUT2D eigenvalue weighted by Crippen LogP contribution is 2.19. The average Bonchev–Trinajstić information content (AvgIpc) is 2.95. The van der Waals surface area contributed by atoms with E-state index in [2.05, 4.69) is 15.4 Å². The van der Waals surface area contributed by atoms with E-state index in [0.717, 1.165) is 16.8 Å². The second kappa shape index (κ2) is 4.47. The van der Waals surface area contributed by atoms with Gasteiger partial charge in [0, 0.05) is 5.69 Å². The lowest BCUT2D eigenvalue weighted by Crippen LogP contribution is -2.13. The van der Waals surface area contributed by atoms with Crippen LogP contribution in [0.4, 0.5) is 5.69 Å². The lowest BCUT2D eigenvalue weighted by Gasteiger charge is -2.08. The summed E-state index contributed by atoms with van der Waals surface area (Å²) in [4.78, 5) is 17.1. The zero-order valence-corrected chi connectivity index (χ0v) is 11.4. The Kier molecular flexibility index (Phi) is 2.79. The molecular formula is C13H12N4OS. The number of rotatable bonds is 2. The molecule has 0 aliphatic carbocycles. The van der Waals surface area contributed by atoms with Gasteiger partial charge in [-0.2, -0.15) is 5.10 Å². The minimum Gasteiger partial charge on any atom is -0.320 e. The Balaban J connectivity index is 1.89. The van der Waals surface area contributed by atoms with Crippen molar-refractivity contribution in [2.45, 2.75) is 13.8 Å². The van der Waals surface area contributed by atoms with Gasteiger partial charge in [-0.05, 0) is 31.0 Å². The molecule has 0 bridgehead atoms. The normalized spacial score (nSPS) is 10.8. The molecule has 0 saturated carbocycles. The summed E-state index contributed by atoms with van der Waals surface area (Å²) >= 11 is 1.40. The summed E-state index contributed by atoms with van der Waals surface area (Å²) in [7, 11) is 0. The van der Waals surface area contributed by atoms with Crippen molar-refractivity contribution in [3.05, 3.63) is 46.7 Å². The van der Waals surface area contributed by atoms with Gasteiger partial charge in [-0.15, -0.1) is 0 Å². The summed E-state index contributed by atoms with van der Waals surface area (Å²) in [5, 5.41) is 6.93. The fourth-order valence-electron chi connectivity index (χ4n) is 1.82.